The topological polar surface area (TPSA) is 248 Å². The molecular formula is C32H65NO12S. The Balaban J connectivity index is 4.27. The molecule has 0 saturated carbocycles. The highest BCUT2D eigenvalue weighted by molar-refractivity contribution is 7.80. The molecule has 0 rings (SSSR count). The maximum atomic E-state index is 11.3. The summed E-state index contributed by atoms with van der Waals surface area (Å²) < 4.78 is 36.6. The van der Waals surface area contributed by atoms with Crippen LogP contribution in [0.4, 0.5) is 0 Å². The minimum absolute atomic E-state index is 0.0398. The molecule has 0 spiro atoms. The number of unbranched alkanes of at least 4 members (excludes halogenated alkanes) is 10. The highest BCUT2D eigenvalue weighted by Gasteiger charge is 2.27. The summed E-state index contributed by atoms with van der Waals surface area (Å²) in [5, 5.41) is 70.7. The number of carbonyl (C=O) groups is 1. The molecule has 0 aliphatic carbocycles. The molecule has 0 aromatic rings. The van der Waals surface area contributed by atoms with Gasteiger partial charge in [0.15, 0.2) is 0 Å². The molecule has 0 unspecified atom stereocenters. The van der Waals surface area contributed by atoms with E-state index in [2.05, 4.69) is 6.92 Å². The largest absolute Gasteiger partial charge is 0.397 e. The first-order valence-corrected chi connectivity index (χ1v) is 18.8. The van der Waals surface area contributed by atoms with Crippen molar-refractivity contribution < 1.29 is 57.7 Å². The van der Waals surface area contributed by atoms with Crippen molar-refractivity contribution in [3.63, 3.8) is 0 Å². The molecule has 14 heteroatoms. The standard InChI is InChI=1S/C32H65NO12S/c1-2-3-11-15-24(34)16-12-9-7-5-4-6-8-10-13-19-31(45-46(42,43)44)29(39)23-22-28(38)27(37)21-20-26(36)25(35)17-14-18-30(40)32(33)41/h24-31,34-40H,2-23H2,1H3,(H2,33,41)(H,42,43,44)/t24-,25+,26-,27+,28-,29+,30+,31-/m0/s1. The third kappa shape index (κ3) is 25.1. The number of amides is 1. The molecule has 8 atom stereocenters. The van der Waals surface area contributed by atoms with Crippen molar-refractivity contribution in [3.8, 4) is 0 Å². The smallest absolute Gasteiger partial charge is 0.393 e. The van der Waals surface area contributed by atoms with Crippen LogP contribution in [0.1, 0.15) is 148 Å². The predicted molar refractivity (Wildman–Crippen MR) is 175 cm³/mol. The molecule has 0 aromatic carbocycles. The molecule has 0 saturated heterocycles. The van der Waals surface area contributed by atoms with Gasteiger partial charge < -0.3 is 41.5 Å². The van der Waals surface area contributed by atoms with Gasteiger partial charge in [0.25, 0.3) is 0 Å². The van der Waals surface area contributed by atoms with Crippen LogP contribution in [0.2, 0.25) is 0 Å². The van der Waals surface area contributed by atoms with E-state index in [0.717, 1.165) is 77.0 Å². The molecule has 10 N–H and O–H groups in total. The maximum absolute atomic E-state index is 11.3. The van der Waals surface area contributed by atoms with Crippen LogP contribution in [0, 0.1) is 0 Å². The normalized spacial score (nSPS) is 17.6. The van der Waals surface area contributed by atoms with Gasteiger partial charge >= 0.3 is 10.4 Å². The Labute approximate surface area is 276 Å². The quantitative estimate of drug-likeness (QED) is 0.0366. The Morgan fingerprint density at radius 1 is 0.543 bits per heavy atom. The molecule has 0 heterocycles. The highest BCUT2D eigenvalue weighted by atomic mass is 32.3. The third-order valence-corrected chi connectivity index (χ3v) is 9.04. The van der Waals surface area contributed by atoms with Gasteiger partial charge in [-0.25, -0.2) is 4.18 Å². The predicted octanol–water partition coefficient (Wildman–Crippen LogP) is 2.79. The van der Waals surface area contributed by atoms with Gasteiger partial charge in [-0.05, 0) is 64.2 Å². The van der Waals surface area contributed by atoms with E-state index >= 15 is 0 Å². The lowest BCUT2D eigenvalue weighted by molar-refractivity contribution is -0.126. The number of aliphatic hydroxyl groups excluding tert-OH is 7. The maximum Gasteiger partial charge on any atom is 0.397 e. The van der Waals surface area contributed by atoms with Crippen LogP contribution in [0.3, 0.4) is 0 Å². The lowest BCUT2D eigenvalue weighted by atomic mass is 9.95. The van der Waals surface area contributed by atoms with E-state index in [9.17, 15) is 53.5 Å². The second kappa shape index (κ2) is 26.9. The fraction of sp³-hybridized carbons (Fsp3) is 0.969. The SMILES string of the molecule is CCCCC[C@H](O)CCCCCCCCCCC[C@H](OS(=O)(=O)O)[C@H](O)CC[C@H](O)[C@H](O)CC[C@H](O)[C@H](O)CCC[C@@H](O)C(N)=O. The first-order valence-electron chi connectivity index (χ1n) is 17.4. The van der Waals surface area contributed by atoms with Crippen molar-refractivity contribution in [2.75, 3.05) is 0 Å². The van der Waals surface area contributed by atoms with Crippen LogP contribution in [-0.2, 0) is 19.4 Å². The van der Waals surface area contributed by atoms with E-state index in [0.29, 0.717) is 6.42 Å². The second-order valence-corrected chi connectivity index (χ2v) is 13.9. The Morgan fingerprint density at radius 2 is 0.935 bits per heavy atom. The summed E-state index contributed by atoms with van der Waals surface area (Å²) in [5.41, 5.74) is 4.96. The Bertz CT molecular complexity index is 849. The van der Waals surface area contributed by atoms with Gasteiger partial charge in [0.1, 0.15) is 12.2 Å². The Morgan fingerprint density at radius 3 is 1.37 bits per heavy atom. The van der Waals surface area contributed by atoms with E-state index < -0.39 is 59.0 Å². The van der Waals surface area contributed by atoms with Gasteiger partial charge in [-0.3, -0.25) is 9.35 Å². The van der Waals surface area contributed by atoms with Gasteiger partial charge in [0.05, 0.1) is 36.6 Å². The van der Waals surface area contributed by atoms with Gasteiger partial charge in [-0.2, -0.15) is 8.42 Å². The zero-order chi connectivity index (χ0) is 35.0. The van der Waals surface area contributed by atoms with Crippen molar-refractivity contribution in [3.05, 3.63) is 0 Å². The first-order chi connectivity index (χ1) is 21.7. The third-order valence-electron chi connectivity index (χ3n) is 8.55. The van der Waals surface area contributed by atoms with Gasteiger partial charge in [0, 0.05) is 0 Å². The molecule has 1 amide bonds. The molecule has 0 aliphatic rings. The van der Waals surface area contributed by atoms with Gasteiger partial charge in [0.2, 0.25) is 5.91 Å². The minimum atomic E-state index is -4.82. The van der Waals surface area contributed by atoms with E-state index in [-0.39, 0.29) is 57.5 Å². The second-order valence-electron chi connectivity index (χ2n) is 12.8. The Kier molecular flexibility index (Phi) is 26.4. The van der Waals surface area contributed by atoms with Crippen LogP contribution in [0.25, 0.3) is 0 Å². The minimum Gasteiger partial charge on any atom is -0.393 e. The zero-order valence-corrected chi connectivity index (χ0v) is 28.7. The first kappa shape index (κ1) is 45.1. The highest BCUT2D eigenvalue weighted by Crippen LogP contribution is 2.21. The summed E-state index contributed by atoms with van der Waals surface area (Å²) in [4.78, 5) is 10.8. The molecule has 0 radical (unpaired) electrons. The summed E-state index contributed by atoms with van der Waals surface area (Å²) in [7, 11) is -4.82. The summed E-state index contributed by atoms with van der Waals surface area (Å²) in [6.45, 7) is 2.15. The van der Waals surface area contributed by atoms with E-state index in [4.69, 9.17) is 9.92 Å². The molecular weight excluding hydrogens is 622 g/mol. The average Bonchev–Trinajstić information content (AvgIpc) is 2.99. The van der Waals surface area contributed by atoms with Crippen LogP contribution >= 0.6 is 0 Å². The average molecular weight is 688 g/mol. The molecule has 13 nitrogen and oxygen atoms in total. The molecule has 46 heavy (non-hydrogen) atoms. The number of nitrogens with two attached hydrogens (primary N) is 1. The molecule has 0 aromatic heterocycles. The van der Waals surface area contributed by atoms with Gasteiger partial charge in [-0.15, -0.1) is 0 Å². The molecule has 276 valence electrons. The molecule has 0 fully saturated rings. The lowest BCUT2D eigenvalue weighted by Gasteiger charge is -2.25. The van der Waals surface area contributed by atoms with Crippen LogP contribution < -0.4 is 5.73 Å². The zero-order valence-electron chi connectivity index (χ0n) is 27.9. The van der Waals surface area contributed by atoms with Crippen molar-refractivity contribution in [1.82, 2.24) is 0 Å². The number of aliphatic hydroxyl groups is 7. The summed E-state index contributed by atoms with van der Waals surface area (Å²) in [6, 6.07) is 0. The molecule has 0 bridgehead atoms. The van der Waals surface area contributed by atoms with Crippen molar-refractivity contribution in [2.24, 2.45) is 5.73 Å². The monoisotopic (exact) mass is 687 g/mol. The lowest BCUT2D eigenvalue weighted by Crippen LogP contribution is -2.35. The van der Waals surface area contributed by atoms with Crippen molar-refractivity contribution in [1.29, 1.82) is 0 Å². The van der Waals surface area contributed by atoms with Crippen LogP contribution in [0.15, 0.2) is 0 Å². The van der Waals surface area contributed by atoms with Crippen LogP contribution in [0.5, 0.6) is 0 Å². The molecule has 0 aliphatic heterocycles. The Hall–Kier alpha value is -0.940. The summed E-state index contributed by atoms with van der Waals surface area (Å²) in [5.74, 6) is -0.873. The fourth-order valence-electron chi connectivity index (χ4n) is 5.50. The van der Waals surface area contributed by atoms with E-state index in [1.807, 2.05) is 0 Å². The van der Waals surface area contributed by atoms with E-state index in [1.54, 1.807) is 0 Å². The van der Waals surface area contributed by atoms with Crippen molar-refractivity contribution >= 4 is 16.3 Å². The fourth-order valence-corrected chi connectivity index (χ4v) is 6.04. The number of primary amides is 1. The van der Waals surface area contributed by atoms with E-state index in [1.165, 1.54) is 6.42 Å². The number of rotatable bonds is 32. The number of hydrogen-bond acceptors (Lipinski definition) is 11. The van der Waals surface area contributed by atoms with Crippen molar-refractivity contribution in [2.45, 2.75) is 197 Å². The van der Waals surface area contributed by atoms with Gasteiger partial charge in [-0.1, -0.05) is 84.0 Å². The number of hydrogen-bond donors (Lipinski definition) is 9. The summed E-state index contributed by atoms with van der Waals surface area (Å²) >= 11 is 0. The van der Waals surface area contributed by atoms with Crippen LogP contribution in [-0.4, -0.2) is 103 Å². The summed E-state index contributed by atoms with van der Waals surface area (Å²) in [6.07, 6.45) is 5.24. The number of carbonyl (C=O) groups excluding carboxylic acids is 1.